The number of hydrogen-bond donors (Lipinski definition) is 0. The third kappa shape index (κ3) is 17.9. The SMILES string of the molecule is CCC.CCCSC(C)CC. The summed E-state index contributed by atoms with van der Waals surface area (Å²) in [5.74, 6) is 1.33. The van der Waals surface area contributed by atoms with Crippen LogP contribution in [0.3, 0.4) is 0 Å². The molecule has 0 saturated heterocycles. The van der Waals surface area contributed by atoms with Crippen molar-refractivity contribution in [2.75, 3.05) is 5.75 Å². The second-order valence-electron chi connectivity index (χ2n) is 2.80. The molecule has 0 aromatic rings. The lowest BCUT2D eigenvalue weighted by atomic mass is 10.4. The van der Waals surface area contributed by atoms with Gasteiger partial charge in [-0.3, -0.25) is 0 Å². The van der Waals surface area contributed by atoms with E-state index in [1.165, 1.54) is 25.0 Å². The first kappa shape index (κ1) is 13.9. The highest BCUT2D eigenvalue weighted by Gasteiger charge is 1.94. The van der Waals surface area contributed by atoms with Gasteiger partial charge in [0.15, 0.2) is 0 Å². The molecular weight excluding hydrogens is 152 g/mol. The molecule has 1 heteroatoms. The van der Waals surface area contributed by atoms with Gasteiger partial charge in [-0.25, -0.2) is 0 Å². The third-order valence-electron chi connectivity index (χ3n) is 1.18. The Balaban J connectivity index is 0. The molecule has 70 valence electrons. The van der Waals surface area contributed by atoms with Gasteiger partial charge in [-0.1, -0.05) is 41.0 Å². The molecule has 0 spiro atoms. The Morgan fingerprint density at radius 2 is 1.55 bits per heavy atom. The lowest BCUT2D eigenvalue weighted by molar-refractivity contribution is 0.902. The summed E-state index contributed by atoms with van der Waals surface area (Å²) in [5, 5.41) is 0.870. The lowest BCUT2D eigenvalue weighted by Crippen LogP contribution is -1.92. The van der Waals surface area contributed by atoms with Crippen molar-refractivity contribution in [1.29, 1.82) is 0 Å². The van der Waals surface area contributed by atoms with Crippen LogP contribution in [0.25, 0.3) is 0 Å². The highest BCUT2D eigenvalue weighted by molar-refractivity contribution is 7.99. The van der Waals surface area contributed by atoms with Gasteiger partial charge in [0, 0.05) is 5.25 Å². The van der Waals surface area contributed by atoms with Crippen molar-refractivity contribution in [2.24, 2.45) is 0 Å². The van der Waals surface area contributed by atoms with Crippen LogP contribution < -0.4 is 0 Å². The van der Waals surface area contributed by atoms with E-state index in [1.54, 1.807) is 0 Å². The summed E-state index contributed by atoms with van der Waals surface area (Å²) in [5.41, 5.74) is 0. The quantitative estimate of drug-likeness (QED) is 0.614. The van der Waals surface area contributed by atoms with Gasteiger partial charge in [-0.2, -0.15) is 11.8 Å². The Labute approximate surface area is 77.2 Å². The molecule has 0 saturated carbocycles. The molecule has 0 radical (unpaired) electrons. The Kier molecular flexibility index (Phi) is 16.4. The molecule has 1 atom stereocenters. The predicted molar refractivity (Wildman–Crippen MR) is 58.5 cm³/mol. The van der Waals surface area contributed by atoms with E-state index >= 15 is 0 Å². The Hall–Kier alpha value is 0.350. The van der Waals surface area contributed by atoms with Gasteiger partial charge in [-0.15, -0.1) is 0 Å². The predicted octanol–water partition coefficient (Wildman–Crippen LogP) is 4.34. The zero-order chi connectivity index (χ0) is 9.11. The maximum atomic E-state index is 2.29. The normalized spacial score (nSPS) is 11.7. The molecule has 11 heavy (non-hydrogen) atoms. The first-order valence-corrected chi connectivity index (χ1v) is 5.89. The second-order valence-corrected chi connectivity index (χ2v) is 4.34. The van der Waals surface area contributed by atoms with Crippen LogP contribution in [0.4, 0.5) is 0 Å². The summed E-state index contributed by atoms with van der Waals surface area (Å²) >= 11 is 2.08. The fourth-order valence-corrected chi connectivity index (χ4v) is 1.31. The van der Waals surface area contributed by atoms with Crippen molar-refractivity contribution < 1.29 is 0 Å². The molecule has 0 aromatic carbocycles. The van der Waals surface area contributed by atoms with Gasteiger partial charge in [0.05, 0.1) is 0 Å². The van der Waals surface area contributed by atoms with Crippen LogP contribution in [0.15, 0.2) is 0 Å². The van der Waals surface area contributed by atoms with Crippen molar-refractivity contribution in [3.8, 4) is 0 Å². The van der Waals surface area contributed by atoms with Crippen molar-refractivity contribution in [2.45, 2.75) is 59.1 Å². The van der Waals surface area contributed by atoms with Crippen molar-refractivity contribution >= 4 is 11.8 Å². The van der Waals surface area contributed by atoms with Crippen LogP contribution in [0, 0.1) is 0 Å². The zero-order valence-corrected chi connectivity index (χ0v) is 9.63. The maximum absolute atomic E-state index is 2.29. The molecule has 0 aromatic heterocycles. The van der Waals surface area contributed by atoms with Crippen LogP contribution in [0.1, 0.15) is 53.9 Å². The molecule has 0 rings (SSSR count). The van der Waals surface area contributed by atoms with Crippen molar-refractivity contribution in [1.82, 2.24) is 0 Å². The first-order chi connectivity index (χ1) is 5.22. The fraction of sp³-hybridized carbons (Fsp3) is 1.00. The minimum atomic E-state index is 0.870. The van der Waals surface area contributed by atoms with E-state index in [0.29, 0.717) is 0 Å². The second kappa shape index (κ2) is 13.0. The van der Waals surface area contributed by atoms with E-state index in [4.69, 9.17) is 0 Å². The fourth-order valence-electron chi connectivity index (χ4n) is 0.437. The molecular formula is C10H24S. The molecule has 0 N–H and O–H groups in total. The summed E-state index contributed by atoms with van der Waals surface area (Å²) in [6.45, 7) is 11.0. The molecule has 1 unspecified atom stereocenters. The van der Waals surface area contributed by atoms with E-state index in [0.717, 1.165) is 5.25 Å². The zero-order valence-electron chi connectivity index (χ0n) is 8.81. The largest absolute Gasteiger partial charge is 0.159 e. The third-order valence-corrected chi connectivity index (χ3v) is 2.73. The standard InChI is InChI=1S/C7H16S.C3H8/c1-4-6-8-7(3)5-2;1-3-2/h7H,4-6H2,1-3H3;3H2,1-2H3. The number of rotatable bonds is 4. The Morgan fingerprint density at radius 1 is 1.09 bits per heavy atom. The first-order valence-electron chi connectivity index (χ1n) is 4.84. The van der Waals surface area contributed by atoms with Crippen LogP contribution in [0.2, 0.25) is 0 Å². The summed E-state index contributed by atoms with van der Waals surface area (Å²) in [6.07, 6.45) is 3.87. The molecule has 0 aliphatic carbocycles. The highest BCUT2D eigenvalue weighted by Crippen LogP contribution is 2.13. The monoisotopic (exact) mass is 176 g/mol. The number of thioether (sulfide) groups is 1. The average Bonchev–Trinajstić information content (AvgIpc) is 2.02. The van der Waals surface area contributed by atoms with E-state index < -0.39 is 0 Å². The van der Waals surface area contributed by atoms with Crippen LogP contribution >= 0.6 is 11.8 Å². The van der Waals surface area contributed by atoms with Crippen LogP contribution in [-0.2, 0) is 0 Å². The van der Waals surface area contributed by atoms with E-state index in [-0.39, 0.29) is 0 Å². The van der Waals surface area contributed by atoms with E-state index in [2.05, 4.69) is 46.4 Å². The van der Waals surface area contributed by atoms with Gasteiger partial charge in [0.2, 0.25) is 0 Å². The summed E-state index contributed by atoms with van der Waals surface area (Å²) in [4.78, 5) is 0. The molecule has 0 nitrogen and oxygen atoms in total. The topological polar surface area (TPSA) is 0 Å². The molecule has 0 fully saturated rings. The molecule has 0 amide bonds. The minimum absolute atomic E-state index is 0.870. The summed E-state index contributed by atoms with van der Waals surface area (Å²) < 4.78 is 0. The maximum Gasteiger partial charge on any atom is 0.00160 e. The summed E-state index contributed by atoms with van der Waals surface area (Å²) in [6, 6.07) is 0. The van der Waals surface area contributed by atoms with Crippen LogP contribution in [0.5, 0.6) is 0 Å². The molecule has 0 aliphatic rings. The van der Waals surface area contributed by atoms with Crippen molar-refractivity contribution in [3.63, 3.8) is 0 Å². The van der Waals surface area contributed by atoms with E-state index in [1.807, 2.05) is 0 Å². The lowest BCUT2D eigenvalue weighted by Gasteiger charge is -2.04. The Morgan fingerprint density at radius 3 is 1.82 bits per heavy atom. The van der Waals surface area contributed by atoms with Gasteiger partial charge >= 0.3 is 0 Å². The van der Waals surface area contributed by atoms with Crippen molar-refractivity contribution in [3.05, 3.63) is 0 Å². The smallest absolute Gasteiger partial charge is 0.00160 e. The minimum Gasteiger partial charge on any atom is -0.159 e. The van der Waals surface area contributed by atoms with Crippen LogP contribution in [-0.4, -0.2) is 11.0 Å². The number of hydrogen-bond acceptors (Lipinski definition) is 1. The molecule has 0 bridgehead atoms. The van der Waals surface area contributed by atoms with E-state index in [9.17, 15) is 0 Å². The van der Waals surface area contributed by atoms with Gasteiger partial charge in [0.25, 0.3) is 0 Å². The molecule has 0 aliphatic heterocycles. The van der Waals surface area contributed by atoms with Gasteiger partial charge < -0.3 is 0 Å². The summed E-state index contributed by atoms with van der Waals surface area (Å²) in [7, 11) is 0. The molecule has 0 heterocycles. The van der Waals surface area contributed by atoms with Gasteiger partial charge in [-0.05, 0) is 18.6 Å². The highest BCUT2D eigenvalue weighted by atomic mass is 32.2. The Bertz CT molecular complexity index is 52.8. The average molecular weight is 176 g/mol. The van der Waals surface area contributed by atoms with Gasteiger partial charge in [0.1, 0.15) is 0 Å².